The Kier molecular flexibility index (Phi) is 6.43. The Balaban J connectivity index is 1.36. The molecule has 1 aliphatic rings. The molecule has 0 bridgehead atoms. The highest BCUT2D eigenvalue weighted by atomic mass is 35.5. The van der Waals surface area contributed by atoms with Gasteiger partial charge in [-0.05, 0) is 60.7 Å². The first kappa shape index (κ1) is 22.3. The Morgan fingerprint density at radius 3 is 2.56 bits per heavy atom. The van der Waals surface area contributed by atoms with Crippen molar-refractivity contribution in [3.05, 3.63) is 101 Å². The normalized spacial score (nSPS) is 15.0. The van der Waals surface area contributed by atoms with Gasteiger partial charge in [0.15, 0.2) is 0 Å². The molecule has 1 fully saturated rings. The fourth-order valence-electron chi connectivity index (χ4n) is 3.96. The molecule has 0 aliphatic carbocycles. The first-order valence-corrected chi connectivity index (χ1v) is 12.1. The SMILES string of the molecule is O=C1S/C(=C\c2cn(CCCOc3ccccc3)c3ccccc23)C(=O)N1c1cccc(Cl)c1. The summed E-state index contributed by atoms with van der Waals surface area (Å²) >= 11 is 7.00. The van der Waals surface area contributed by atoms with E-state index in [0.29, 0.717) is 22.2 Å². The average Bonchev–Trinajstić information content (AvgIpc) is 3.33. The molecule has 1 saturated heterocycles. The lowest BCUT2D eigenvalue weighted by Crippen LogP contribution is -2.27. The van der Waals surface area contributed by atoms with Gasteiger partial charge in [0.25, 0.3) is 11.1 Å². The first-order chi connectivity index (χ1) is 16.6. The molecule has 5 rings (SSSR count). The van der Waals surface area contributed by atoms with Crippen LogP contribution >= 0.6 is 23.4 Å². The summed E-state index contributed by atoms with van der Waals surface area (Å²) in [6, 6.07) is 24.6. The zero-order valence-corrected chi connectivity index (χ0v) is 19.8. The van der Waals surface area contributed by atoms with Crippen LogP contribution in [-0.2, 0) is 11.3 Å². The standard InChI is InChI=1S/C27H21ClN2O3S/c28-20-8-6-9-21(17-20)30-26(31)25(34-27(30)32)16-19-18-29(24-13-5-4-12-23(19)24)14-7-15-33-22-10-2-1-3-11-22/h1-6,8-13,16-18H,7,14-15H2/b25-16-. The Hall–Kier alpha value is -3.48. The van der Waals surface area contributed by atoms with Crippen molar-refractivity contribution in [1.29, 1.82) is 0 Å². The molecule has 0 unspecified atom stereocenters. The zero-order chi connectivity index (χ0) is 23.5. The molecule has 1 aliphatic heterocycles. The predicted octanol–water partition coefficient (Wildman–Crippen LogP) is 7.00. The lowest BCUT2D eigenvalue weighted by atomic mass is 10.1. The molecule has 2 amide bonds. The number of halogens is 1. The van der Waals surface area contributed by atoms with E-state index in [1.54, 1.807) is 30.3 Å². The molecule has 5 nitrogen and oxygen atoms in total. The summed E-state index contributed by atoms with van der Waals surface area (Å²) in [5.74, 6) is 0.515. The largest absolute Gasteiger partial charge is 0.494 e. The number of hydrogen-bond donors (Lipinski definition) is 0. The quantitative estimate of drug-likeness (QED) is 0.207. The number of thioether (sulfide) groups is 1. The second kappa shape index (κ2) is 9.79. The minimum absolute atomic E-state index is 0.333. The number of anilines is 1. The summed E-state index contributed by atoms with van der Waals surface area (Å²) in [5, 5.41) is 1.17. The third-order valence-electron chi connectivity index (χ3n) is 5.52. The van der Waals surface area contributed by atoms with Gasteiger partial charge in [-0.25, -0.2) is 4.90 Å². The number of fused-ring (bicyclic) bond motifs is 1. The number of carbonyl (C=O) groups excluding carboxylic acids is 2. The summed E-state index contributed by atoms with van der Waals surface area (Å²) in [7, 11) is 0. The molecule has 2 heterocycles. The lowest BCUT2D eigenvalue weighted by Gasteiger charge is -2.12. The van der Waals surface area contributed by atoms with Crippen molar-refractivity contribution < 1.29 is 14.3 Å². The Bertz CT molecular complexity index is 1400. The predicted molar refractivity (Wildman–Crippen MR) is 138 cm³/mol. The molecule has 3 aromatic carbocycles. The van der Waals surface area contributed by atoms with Crippen LogP contribution < -0.4 is 9.64 Å². The second-order valence-electron chi connectivity index (χ2n) is 7.81. The highest BCUT2D eigenvalue weighted by molar-refractivity contribution is 8.19. The monoisotopic (exact) mass is 488 g/mol. The zero-order valence-electron chi connectivity index (χ0n) is 18.2. The van der Waals surface area contributed by atoms with Crippen molar-refractivity contribution >= 4 is 57.2 Å². The van der Waals surface area contributed by atoms with Gasteiger partial charge in [-0.1, -0.05) is 54.1 Å². The van der Waals surface area contributed by atoms with Crippen LogP contribution in [0.25, 0.3) is 17.0 Å². The number of benzene rings is 3. The first-order valence-electron chi connectivity index (χ1n) is 10.9. The van der Waals surface area contributed by atoms with Crippen LogP contribution in [0.15, 0.2) is 90.0 Å². The summed E-state index contributed by atoms with van der Waals surface area (Å²) < 4.78 is 7.98. The maximum absolute atomic E-state index is 13.1. The summed E-state index contributed by atoms with van der Waals surface area (Å²) in [5.41, 5.74) is 2.44. The van der Waals surface area contributed by atoms with Crippen molar-refractivity contribution in [1.82, 2.24) is 4.57 Å². The summed E-state index contributed by atoms with van der Waals surface area (Å²) in [4.78, 5) is 27.3. The van der Waals surface area contributed by atoms with Crippen LogP contribution in [0, 0.1) is 0 Å². The van der Waals surface area contributed by atoms with Gasteiger partial charge in [-0.3, -0.25) is 9.59 Å². The van der Waals surface area contributed by atoms with E-state index in [1.165, 1.54) is 4.90 Å². The molecule has 4 aromatic rings. The van der Waals surface area contributed by atoms with Crippen LogP contribution in [0.2, 0.25) is 5.02 Å². The third kappa shape index (κ3) is 4.60. The number of para-hydroxylation sites is 2. The van der Waals surface area contributed by atoms with E-state index in [9.17, 15) is 9.59 Å². The van der Waals surface area contributed by atoms with Gasteiger partial charge in [-0.2, -0.15) is 0 Å². The van der Waals surface area contributed by atoms with Gasteiger partial charge in [-0.15, -0.1) is 0 Å². The maximum atomic E-state index is 13.1. The Morgan fingerprint density at radius 1 is 0.941 bits per heavy atom. The minimum atomic E-state index is -0.342. The molecule has 0 N–H and O–H groups in total. The molecular formula is C27H21ClN2O3S. The van der Waals surface area contributed by atoms with Crippen molar-refractivity contribution in [2.45, 2.75) is 13.0 Å². The number of rotatable bonds is 7. The van der Waals surface area contributed by atoms with E-state index < -0.39 is 0 Å². The molecular weight excluding hydrogens is 468 g/mol. The van der Waals surface area contributed by atoms with Gasteiger partial charge in [0.2, 0.25) is 0 Å². The van der Waals surface area contributed by atoms with Crippen molar-refractivity contribution in [3.63, 3.8) is 0 Å². The highest BCUT2D eigenvalue weighted by Gasteiger charge is 2.36. The van der Waals surface area contributed by atoms with Gasteiger partial charge in [0.1, 0.15) is 5.75 Å². The van der Waals surface area contributed by atoms with Gasteiger partial charge < -0.3 is 9.30 Å². The smallest absolute Gasteiger partial charge is 0.298 e. The Labute approximate surface area is 206 Å². The van der Waals surface area contributed by atoms with E-state index in [4.69, 9.17) is 16.3 Å². The van der Waals surface area contributed by atoms with Gasteiger partial charge in [0.05, 0.1) is 17.2 Å². The number of carbonyl (C=O) groups is 2. The van der Waals surface area contributed by atoms with Crippen LogP contribution in [0.1, 0.15) is 12.0 Å². The number of ether oxygens (including phenoxy) is 1. The van der Waals surface area contributed by atoms with E-state index >= 15 is 0 Å². The molecule has 170 valence electrons. The highest BCUT2D eigenvalue weighted by Crippen LogP contribution is 2.37. The fourth-order valence-corrected chi connectivity index (χ4v) is 4.98. The van der Waals surface area contributed by atoms with Crippen LogP contribution in [0.5, 0.6) is 5.75 Å². The molecule has 1 aromatic heterocycles. The number of aromatic nitrogens is 1. The minimum Gasteiger partial charge on any atom is -0.494 e. The Morgan fingerprint density at radius 2 is 1.74 bits per heavy atom. The van der Waals surface area contributed by atoms with E-state index in [1.807, 2.05) is 54.7 Å². The van der Waals surface area contributed by atoms with Crippen LogP contribution in [0.3, 0.4) is 0 Å². The molecule has 0 spiro atoms. The van der Waals surface area contributed by atoms with Crippen LogP contribution in [-0.4, -0.2) is 22.3 Å². The molecule has 0 radical (unpaired) electrons. The van der Waals surface area contributed by atoms with Crippen molar-refractivity contribution in [2.75, 3.05) is 11.5 Å². The van der Waals surface area contributed by atoms with Crippen LogP contribution in [0.4, 0.5) is 10.5 Å². The number of imide groups is 1. The van der Waals surface area contributed by atoms with Crippen molar-refractivity contribution in [3.8, 4) is 5.75 Å². The van der Waals surface area contributed by atoms with E-state index in [2.05, 4.69) is 10.6 Å². The fraction of sp³-hybridized carbons (Fsp3) is 0.111. The maximum Gasteiger partial charge on any atom is 0.298 e. The average molecular weight is 489 g/mol. The molecule has 7 heteroatoms. The van der Waals surface area contributed by atoms with E-state index in [-0.39, 0.29) is 11.1 Å². The lowest BCUT2D eigenvalue weighted by molar-refractivity contribution is -0.113. The number of nitrogens with zero attached hydrogens (tertiary/aromatic N) is 2. The summed E-state index contributed by atoms with van der Waals surface area (Å²) in [6.45, 7) is 1.37. The molecule has 34 heavy (non-hydrogen) atoms. The molecule has 0 saturated carbocycles. The number of hydrogen-bond acceptors (Lipinski definition) is 4. The molecule has 0 atom stereocenters. The van der Waals surface area contributed by atoms with Crippen molar-refractivity contribution in [2.24, 2.45) is 0 Å². The van der Waals surface area contributed by atoms with Gasteiger partial charge in [0, 0.05) is 34.2 Å². The van der Waals surface area contributed by atoms with Gasteiger partial charge >= 0.3 is 0 Å². The number of amides is 2. The third-order valence-corrected chi connectivity index (χ3v) is 6.63. The topological polar surface area (TPSA) is 51.5 Å². The number of aryl methyl sites for hydroxylation is 1. The van der Waals surface area contributed by atoms with E-state index in [0.717, 1.165) is 46.9 Å². The second-order valence-corrected chi connectivity index (χ2v) is 9.24. The summed E-state index contributed by atoms with van der Waals surface area (Å²) in [6.07, 6.45) is 4.66.